The van der Waals surface area contributed by atoms with E-state index < -0.39 is 0 Å². The Balaban J connectivity index is 0.00000392. The molecule has 28 heavy (non-hydrogen) atoms. The zero-order chi connectivity index (χ0) is 19.5. The van der Waals surface area contributed by atoms with Crippen molar-refractivity contribution in [3.05, 3.63) is 31.1 Å². The van der Waals surface area contributed by atoms with Crippen molar-refractivity contribution in [2.75, 3.05) is 58.3 Å². The van der Waals surface area contributed by atoms with E-state index in [1.54, 1.807) is 25.5 Å². The van der Waals surface area contributed by atoms with Crippen LogP contribution in [0.3, 0.4) is 0 Å². The molecule has 8 nitrogen and oxygen atoms in total. The van der Waals surface area contributed by atoms with Gasteiger partial charge in [0.1, 0.15) is 0 Å². The van der Waals surface area contributed by atoms with Crippen LogP contribution in [0.15, 0.2) is 36.1 Å². The van der Waals surface area contributed by atoms with Gasteiger partial charge in [0.25, 0.3) is 0 Å². The minimum absolute atomic E-state index is 0. The Morgan fingerprint density at radius 3 is 2.61 bits per heavy atom. The summed E-state index contributed by atoms with van der Waals surface area (Å²) in [6, 6.07) is 1.81. The molecular formula is C19H32IN7O. The fourth-order valence-corrected chi connectivity index (χ4v) is 3.01. The van der Waals surface area contributed by atoms with Crippen LogP contribution in [0.25, 0.3) is 0 Å². The smallest absolute Gasteiger partial charge is 0.225 e. The summed E-state index contributed by atoms with van der Waals surface area (Å²) in [5.41, 5.74) is 0. The first-order valence-electron chi connectivity index (χ1n) is 9.48. The number of nitrogens with one attached hydrogen (secondary N) is 1. The average Bonchev–Trinajstić information content (AvgIpc) is 2.72. The lowest BCUT2D eigenvalue weighted by Gasteiger charge is -2.34. The number of piperazine rings is 1. The molecule has 1 fully saturated rings. The molecule has 1 aromatic rings. The highest BCUT2D eigenvalue weighted by Crippen LogP contribution is 2.10. The first-order valence-corrected chi connectivity index (χ1v) is 9.48. The number of halogens is 1. The third kappa shape index (κ3) is 7.61. The van der Waals surface area contributed by atoms with Crippen molar-refractivity contribution in [1.82, 2.24) is 25.1 Å². The van der Waals surface area contributed by atoms with Gasteiger partial charge in [-0.15, -0.1) is 30.6 Å². The number of allylic oxidation sites excluding steroid dienone is 1. The van der Waals surface area contributed by atoms with Gasteiger partial charge in [0.15, 0.2) is 5.96 Å². The molecule has 9 heteroatoms. The lowest BCUT2D eigenvalue weighted by atomic mass is 10.3. The predicted molar refractivity (Wildman–Crippen MR) is 124 cm³/mol. The Morgan fingerprint density at radius 2 is 2.00 bits per heavy atom. The number of aliphatic imine (C=N–C) groups is 1. The zero-order valence-corrected chi connectivity index (χ0v) is 19.2. The molecule has 0 spiro atoms. The van der Waals surface area contributed by atoms with Crippen LogP contribution in [0.5, 0.6) is 0 Å². The van der Waals surface area contributed by atoms with Crippen molar-refractivity contribution in [3.8, 4) is 0 Å². The standard InChI is InChI=1S/C19H31N7O.HI/c1-4-5-6-12-24(3)18(20-2)23-11-8-17(27)25-13-15-26(16-14-25)19-21-9-7-10-22-19;/h4,7,9-10H,1,5-6,8,11-16H2,2-3H3,(H,20,23);1H. The van der Waals surface area contributed by atoms with E-state index >= 15 is 0 Å². The van der Waals surface area contributed by atoms with Crippen LogP contribution in [0.1, 0.15) is 19.3 Å². The predicted octanol–water partition coefficient (Wildman–Crippen LogP) is 1.61. The van der Waals surface area contributed by atoms with Crippen molar-refractivity contribution in [2.24, 2.45) is 4.99 Å². The minimum atomic E-state index is 0. The van der Waals surface area contributed by atoms with E-state index in [2.05, 4.69) is 36.7 Å². The van der Waals surface area contributed by atoms with Crippen molar-refractivity contribution < 1.29 is 4.79 Å². The Morgan fingerprint density at radius 1 is 1.32 bits per heavy atom. The molecule has 1 N–H and O–H groups in total. The number of carbonyl (C=O) groups excluding carboxylic acids is 1. The summed E-state index contributed by atoms with van der Waals surface area (Å²) >= 11 is 0. The summed E-state index contributed by atoms with van der Waals surface area (Å²) in [6.07, 6.45) is 7.89. The van der Waals surface area contributed by atoms with E-state index in [1.807, 2.05) is 18.0 Å². The molecule has 2 rings (SSSR count). The molecule has 1 aliphatic rings. The summed E-state index contributed by atoms with van der Waals surface area (Å²) in [6.45, 7) is 8.15. The molecule has 0 unspecified atom stereocenters. The fraction of sp³-hybridized carbons (Fsp3) is 0.579. The van der Waals surface area contributed by atoms with Crippen LogP contribution in [0.2, 0.25) is 0 Å². The third-order valence-corrected chi connectivity index (χ3v) is 4.56. The third-order valence-electron chi connectivity index (χ3n) is 4.56. The van der Waals surface area contributed by atoms with Gasteiger partial charge in [0, 0.05) is 72.2 Å². The highest BCUT2D eigenvalue weighted by atomic mass is 127. The first-order chi connectivity index (χ1) is 13.2. The Hall–Kier alpha value is -1.91. The van der Waals surface area contributed by atoms with E-state index in [9.17, 15) is 4.79 Å². The van der Waals surface area contributed by atoms with E-state index in [4.69, 9.17) is 0 Å². The van der Waals surface area contributed by atoms with Crippen LogP contribution in [0, 0.1) is 0 Å². The number of rotatable bonds is 8. The number of amides is 1. The molecule has 2 heterocycles. The van der Waals surface area contributed by atoms with E-state index in [1.165, 1.54) is 0 Å². The number of carbonyl (C=O) groups is 1. The van der Waals surface area contributed by atoms with Gasteiger partial charge in [-0.05, 0) is 18.9 Å². The minimum Gasteiger partial charge on any atom is -0.356 e. The highest BCUT2D eigenvalue weighted by molar-refractivity contribution is 14.0. The SMILES string of the molecule is C=CCCCN(C)C(=NC)NCCC(=O)N1CCN(c2ncccn2)CC1.I. The summed E-state index contributed by atoms with van der Waals surface area (Å²) in [4.78, 5) is 31.4. The van der Waals surface area contributed by atoms with Crippen molar-refractivity contribution in [3.63, 3.8) is 0 Å². The van der Waals surface area contributed by atoms with Crippen LogP contribution in [0.4, 0.5) is 5.95 Å². The molecule has 0 atom stereocenters. The first kappa shape index (κ1) is 24.1. The van der Waals surface area contributed by atoms with E-state index in [0.717, 1.165) is 44.4 Å². The van der Waals surface area contributed by atoms with Crippen LogP contribution >= 0.6 is 24.0 Å². The normalized spacial score (nSPS) is 14.3. The Kier molecular flexibility index (Phi) is 11.5. The molecule has 1 amide bonds. The second-order valence-electron chi connectivity index (χ2n) is 6.49. The van der Waals surface area contributed by atoms with Crippen LogP contribution in [-0.2, 0) is 4.79 Å². The van der Waals surface area contributed by atoms with Crippen molar-refractivity contribution in [1.29, 1.82) is 0 Å². The lowest BCUT2D eigenvalue weighted by molar-refractivity contribution is -0.131. The maximum Gasteiger partial charge on any atom is 0.225 e. The van der Waals surface area contributed by atoms with Gasteiger partial charge in [-0.1, -0.05) is 6.08 Å². The molecule has 0 radical (unpaired) electrons. The quantitative estimate of drug-likeness (QED) is 0.192. The molecule has 1 aliphatic heterocycles. The summed E-state index contributed by atoms with van der Waals surface area (Å²) in [5.74, 6) is 1.72. The van der Waals surface area contributed by atoms with Crippen LogP contribution < -0.4 is 10.2 Å². The maximum absolute atomic E-state index is 12.5. The average molecular weight is 501 g/mol. The van der Waals surface area contributed by atoms with E-state index in [0.29, 0.717) is 26.1 Å². The topological polar surface area (TPSA) is 77.0 Å². The Labute approximate surface area is 185 Å². The largest absolute Gasteiger partial charge is 0.356 e. The number of hydrogen-bond donors (Lipinski definition) is 1. The summed E-state index contributed by atoms with van der Waals surface area (Å²) in [5, 5.41) is 3.27. The lowest BCUT2D eigenvalue weighted by Crippen LogP contribution is -2.50. The molecule has 0 saturated carbocycles. The molecule has 1 saturated heterocycles. The number of nitrogens with zero attached hydrogens (tertiary/aromatic N) is 6. The van der Waals surface area contributed by atoms with Gasteiger partial charge in [-0.25, -0.2) is 9.97 Å². The van der Waals surface area contributed by atoms with Gasteiger partial charge in [0.05, 0.1) is 0 Å². The zero-order valence-electron chi connectivity index (χ0n) is 16.9. The molecular weight excluding hydrogens is 469 g/mol. The highest BCUT2D eigenvalue weighted by Gasteiger charge is 2.22. The molecule has 1 aromatic heterocycles. The van der Waals surface area contributed by atoms with Crippen LogP contribution in [-0.4, -0.2) is 85.0 Å². The molecule has 0 aromatic carbocycles. The monoisotopic (exact) mass is 501 g/mol. The van der Waals surface area contributed by atoms with Gasteiger partial charge in [0.2, 0.25) is 11.9 Å². The number of unbranched alkanes of at least 4 members (excludes halogenated alkanes) is 1. The van der Waals surface area contributed by atoms with Crippen molar-refractivity contribution in [2.45, 2.75) is 19.3 Å². The second kappa shape index (κ2) is 13.3. The number of aromatic nitrogens is 2. The van der Waals surface area contributed by atoms with Gasteiger partial charge in [-0.2, -0.15) is 0 Å². The number of anilines is 1. The van der Waals surface area contributed by atoms with Gasteiger partial charge >= 0.3 is 0 Å². The second-order valence-corrected chi connectivity index (χ2v) is 6.49. The molecule has 0 bridgehead atoms. The molecule has 156 valence electrons. The fourth-order valence-electron chi connectivity index (χ4n) is 3.01. The summed E-state index contributed by atoms with van der Waals surface area (Å²) < 4.78 is 0. The number of guanidine groups is 1. The van der Waals surface area contributed by atoms with E-state index in [-0.39, 0.29) is 29.9 Å². The molecule has 0 aliphatic carbocycles. The summed E-state index contributed by atoms with van der Waals surface area (Å²) in [7, 11) is 3.77. The Bertz CT molecular complexity index is 618. The maximum atomic E-state index is 12.5. The van der Waals surface area contributed by atoms with Gasteiger partial charge in [-0.3, -0.25) is 9.79 Å². The van der Waals surface area contributed by atoms with Crippen molar-refractivity contribution >= 4 is 41.8 Å². The van der Waals surface area contributed by atoms with Gasteiger partial charge < -0.3 is 20.0 Å². The number of hydrogen-bond acceptors (Lipinski definition) is 5.